The first-order valence-corrected chi connectivity index (χ1v) is 9.25. The Morgan fingerprint density at radius 3 is 2.33 bits per heavy atom. The number of aromatic nitrogens is 1. The predicted molar refractivity (Wildman–Crippen MR) is 112 cm³/mol. The number of carbonyl (C=O) groups is 2. The molecular formula is C24H17FN2O3. The lowest BCUT2D eigenvalue weighted by atomic mass is 10.1. The third-order valence-corrected chi connectivity index (χ3v) is 4.57. The number of ether oxygens (including phenoxy) is 1. The van der Waals surface area contributed by atoms with E-state index in [1.807, 2.05) is 19.1 Å². The first-order valence-electron chi connectivity index (χ1n) is 9.25. The molecule has 0 radical (unpaired) electrons. The molecule has 0 saturated heterocycles. The van der Waals surface area contributed by atoms with Crippen molar-refractivity contribution in [3.05, 3.63) is 102 Å². The number of rotatable bonds is 4. The normalized spacial score (nSPS) is 10.6. The van der Waals surface area contributed by atoms with Crippen LogP contribution in [0.2, 0.25) is 0 Å². The van der Waals surface area contributed by atoms with Crippen molar-refractivity contribution in [2.24, 2.45) is 0 Å². The van der Waals surface area contributed by atoms with Crippen LogP contribution in [0.15, 0.2) is 79.0 Å². The van der Waals surface area contributed by atoms with Crippen molar-refractivity contribution in [3.63, 3.8) is 0 Å². The fourth-order valence-electron chi connectivity index (χ4n) is 2.98. The molecule has 3 aromatic carbocycles. The summed E-state index contributed by atoms with van der Waals surface area (Å²) in [5, 5.41) is 3.42. The topological polar surface area (TPSA) is 68.3 Å². The molecule has 30 heavy (non-hydrogen) atoms. The summed E-state index contributed by atoms with van der Waals surface area (Å²) in [6.07, 6.45) is 1.59. The number of nitrogens with one attached hydrogen (secondary N) is 1. The lowest BCUT2D eigenvalue weighted by Gasteiger charge is -2.12. The molecule has 0 unspecified atom stereocenters. The van der Waals surface area contributed by atoms with E-state index in [-0.39, 0.29) is 11.5 Å². The highest BCUT2D eigenvalue weighted by atomic mass is 19.1. The Hall–Kier alpha value is -4.06. The maximum atomic E-state index is 13.1. The average Bonchev–Trinajstić information content (AvgIpc) is 2.76. The van der Waals surface area contributed by atoms with Gasteiger partial charge in [-0.1, -0.05) is 17.7 Å². The zero-order valence-corrected chi connectivity index (χ0v) is 16.1. The number of carbonyl (C=O) groups excluding carboxylic acids is 2. The number of esters is 1. The van der Waals surface area contributed by atoms with Gasteiger partial charge in [0.1, 0.15) is 11.6 Å². The maximum absolute atomic E-state index is 13.1. The second kappa shape index (κ2) is 8.13. The molecule has 0 saturated carbocycles. The van der Waals surface area contributed by atoms with Gasteiger partial charge in [-0.05, 0) is 67.6 Å². The maximum Gasteiger partial charge on any atom is 0.343 e. The Kier molecular flexibility index (Phi) is 5.22. The highest BCUT2D eigenvalue weighted by Gasteiger charge is 2.15. The molecule has 0 aliphatic rings. The molecule has 0 aliphatic heterocycles. The standard InChI is InChI=1S/C24H17FN2O3/c1-15-4-6-16(7-5-15)23(28)27-20-12-13-21(19-3-2-14-26-22(19)20)30-24(29)17-8-10-18(25)11-9-17/h2-14H,1H3,(H,27,28). The van der Waals surface area contributed by atoms with E-state index < -0.39 is 11.8 Å². The Bertz CT molecular complexity index is 1140. The quantitative estimate of drug-likeness (QED) is 0.380. The molecule has 148 valence electrons. The van der Waals surface area contributed by atoms with Crippen LogP contribution in [0.25, 0.3) is 10.9 Å². The van der Waals surface area contributed by atoms with Gasteiger partial charge < -0.3 is 10.1 Å². The third-order valence-electron chi connectivity index (χ3n) is 4.57. The summed E-state index contributed by atoms with van der Waals surface area (Å²) < 4.78 is 18.6. The third kappa shape index (κ3) is 4.03. The monoisotopic (exact) mass is 400 g/mol. The van der Waals surface area contributed by atoms with E-state index in [2.05, 4.69) is 10.3 Å². The number of anilines is 1. The summed E-state index contributed by atoms with van der Waals surface area (Å²) in [6, 6.07) is 19.0. The van der Waals surface area contributed by atoms with Gasteiger partial charge >= 0.3 is 5.97 Å². The van der Waals surface area contributed by atoms with E-state index in [1.54, 1.807) is 42.6 Å². The van der Waals surface area contributed by atoms with Gasteiger partial charge in [0.2, 0.25) is 0 Å². The van der Waals surface area contributed by atoms with Crippen LogP contribution in [0.5, 0.6) is 5.75 Å². The van der Waals surface area contributed by atoms with E-state index in [0.29, 0.717) is 27.9 Å². The Morgan fingerprint density at radius 1 is 0.900 bits per heavy atom. The van der Waals surface area contributed by atoms with Crippen LogP contribution in [-0.4, -0.2) is 16.9 Å². The lowest BCUT2D eigenvalue weighted by Crippen LogP contribution is -2.13. The molecule has 4 aromatic rings. The van der Waals surface area contributed by atoms with Gasteiger partial charge in [0, 0.05) is 17.1 Å². The smallest absolute Gasteiger partial charge is 0.343 e. The van der Waals surface area contributed by atoms with Gasteiger partial charge in [-0.25, -0.2) is 9.18 Å². The average molecular weight is 400 g/mol. The van der Waals surface area contributed by atoms with E-state index in [9.17, 15) is 14.0 Å². The number of hydrogen-bond acceptors (Lipinski definition) is 4. The summed E-state index contributed by atoms with van der Waals surface area (Å²) >= 11 is 0. The van der Waals surface area contributed by atoms with Crippen molar-refractivity contribution in [1.82, 2.24) is 4.98 Å². The summed E-state index contributed by atoms with van der Waals surface area (Å²) in [5.74, 6) is -1.02. The number of nitrogens with zero attached hydrogens (tertiary/aromatic N) is 1. The van der Waals surface area contributed by atoms with Crippen LogP contribution in [-0.2, 0) is 0 Å². The fraction of sp³-hybridized carbons (Fsp3) is 0.0417. The first kappa shape index (κ1) is 19.3. The zero-order valence-electron chi connectivity index (χ0n) is 16.1. The van der Waals surface area contributed by atoms with Crippen molar-refractivity contribution < 1.29 is 18.7 Å². The van der Waals surface area contributed by atoms with Crippen molar-refractivity contribution in [2.75, 3.05) is 5.32 Å². The number of benzene rings is 3. The summed E-state index contributed by atoms with van der Waals surface area (Å²) in [4.78, 5) is 29.3. The van der Waals surface area contributed by atoms with E-state index >= 15 is 0 Å². The largest absolute Gasteiger partial charge is 0.422 e. The first-order chi connectivity index (χ1) is 14.5. The molecule has 0 aliphatic carbocycles. The van der Waals surface area contributed by atoms with Gasteiger partial charge in [0.05, 0.1) is 16.8 Å². The van der Waals surface area contributed by atoms with Gasteiger partial charge in [-0.15, -0.1) is 0 Å². The molecule has 6 heteroatoms. The second-order valence-electron chi connectivity index (χ2n) is 6.73. The molecule has 0 spiro atoms. The Balaban J connectivity index is 1.63. The second-order valence-corrected chi connectivity index (χ2v) is 6.73. The van der Waals surface area contributed by atoms with E-state index in [1.165, 1.54) is 24.3 Å². The summed E-state index contributed by atoms with van der Waals surface area (Å²) in [7, 11) is 0. The van der Waals surface area contributed by atoms with Crippen molar-refractivity contribution >= 4 is 28.5 Å². The van der Waals surface area contributed by atoms with Crippen LogP contribution >= 0.6 is 0 Å². The Morgan fingerprint density at radius 2 is 1.60 bits per heavy atom. The van der Waals surface area contributed by atoms with Crippen LogP contribution < -0.4 is 10.1 Å². The predicted octanol–water partition coefficient (Wildman–Crippen LogP) is 5.15. The van der Waals surface area contributed by atoms with Gasteiger partial charge in [-0.3, -0.25) is 9.78 Å². The summed E-state index contributed by atoms with van der Waals surface area (Å²) in [5.41, 5.74) is 2.80. The Labute approximate surface area is 172 Å². The molecule has 0 fully saturated rings. The van der Waals surface area contributed by atoms with Crippen molar-refractivity contribution in [2.45, 2.75) is 6.92 Å². The summed E-state index contributed by atoms with van der Waals surface area (Å²) in [6.45, 7) is 1.95. The van der Waals surface area contributed by atoms with Gasteiger partial charge in [-0.2, -0.15) is 0 Å². The van der Waals surface area contributed by atoms with Crippen LogP contribution in [0, 0.1) is 12.7 Å². The van der Waals surface area contributed by atoms with E-state index in [4.69, 9.17) is 4.74 Å². The number of hydrogen-bond donors (Lipinski definition) is 1. The highest BCUT2D eigenvalue weighted by Crippen LogP contribution is 2.31. The van der Waals surface area contributed by atoms with Crippen molar-refractivity contribution in [1.29, 1.82) is 0 Å². The molecule has 4 rings (SSSR count). The molecule has 1 amide bonds. The van der Waals surface area contributed by atoms with Crippen LogP contribution in [0.1, 0.15) is 26.3 Å². The van der Waals surface area contributed by atoms with Gasteiger partial charge in [0.15, 0.2) is 0 Å². The highest BCUT2D eigenvalue weighted by molar-refractivity contribution is 6.09. The molecule has 1 heterocycles. The van der Waals surface area contributed by atoms with Crippen LogP contribution in [0.3, 0.4) is 0 Å². The molecule has 1 N–H and O–H groups in total. The molecule has 0 bridgehead atoms. The minimum atomic E-state index is -0.614. The van der Waals surface area contributed by atoms with Gasteiger partial charge in [0.25, 0.3) is 5.91 Å². The number of fused-ring (bicyclic) bond motifs is 1. The van der Waals surface area contributed by atoms with Crippen LogP contribution in [0.4, 0.5) is 10.1 Å². The zero-order chi connectivity index (χ0) is 21.1. The molecule has 0 atom stereocenters. The number of halogens is 1. The number of amides is 1. The lowest BCUT2D eigenvalue weighted by molar-refractivity contribution is 0.0736. The molecule has 1 aromatic heterocycles. The minimum Gasteiger partial charge on any atom is -0.422 e. The SMILES string of the molecule is Cc1ccc(C(=O)Nc2ccc(OC(=O)c3ccc(F)cc3)c3cccnc23)cc1. The van der Waals surface area contributed by atoms with E-state index in [0.717, 1.165) is 5.56 Å². The fourth-order valence-corrected chi connectivity index (χ4v) is 2.98. The molecule has 5 nitrogen and oxygen atoms in total. The number of aryl methyl sites for hydroxylation is 1. The number of pyridine rings is 1. The van der Waals surface area contributed by atoms with Crippen molar-refractivity contribution in [3.8, 4) is 5.75 Å². The minimum absolute atomic E-state index is 0.227. The molecular weight excluding hydrogens is 383 g/mol.